The average Bonchev–Trinajstić information content (AvgIpc) is 2.37. The maximum atomic E-state index is 11.5. The monoisotopic (exact) mass is 265 g/mol. The fraction of sp³-hybridized carbons (Fsp3) is 0.533. The van der Waals surface area contributed by atoms with Crippen LogP contribution in [0.15, 0.2) is 30.3 Å². The van der Waals surface area contributed by atoms with Crippen LogP contribution in [-0.2, 0) is 6.42 Å². The number of thioether (sulfide) groups is 1. The number of hydrogen-bond donors (Lipinski definition) is 1. The Hall–Kier alpha value is -0.960. The Labute approximate surface area is 115 Å². The minimum absolute atomic E-state index is 0.0940. The van der Waals surface area contributed by atoms with Crippen LogP contribution >= 0.6 is 11.8 Å². The van der Waals surface area contributed by atoms with Gasteiger partial charge in [-0.1, -0.05) is 55.9 Å². The summed E-state index contributed by atoms with van der Waals surface area (Å²) in [5.41, 5.74) is 1.37. The van der Waals surface area contributed by atoms with Gasteiger partial charge in [0.05, 0.1) is 0 Å². The number of aryl methyl sites for hydroxylation is 1. The van der Waals surface area contributed by atoms with Crippen molar-refractivity contribution in [2.75, 3.05) is 6.54 Å². The van der Waals surface area contributed by atoms with Crippen LogP contribution in [0.5, 0.6) is 0 Å². The summed E-state index contributed by atoms with van der Waals surface area (Å²) < 4.78 is 0. The maximum Gasteiger partial charge on any atom is 0.279 e. The van der Waals surface area contributed by atoms with E-state index < -0.39 is 0 Å². The van der Waals surface area contributed by atoms with E-state index in [4.69, 9.17) is 0 Å². The Morgan fingerprint density at radius 1 is 1.28 bits per heavy atom. The van der Waals surface area contributed by atoms with Crippen LogP contribution in [-0.4, -0.2) is 17.0 Å². The summed E-state index contributed by atoms with van der Waals surface area (Å²) in [6.45, 7) is 7.01. The molecule has 0 saturated heterocycles. The third kappa shape index (κ3) is 5.58. The SMILES string of the molecule is CCNC(=O)SC(C)C(C)CCc1ccccc1. The first-order valence-corrected chi connectivity index (χ1v) is 7.49. The summed E-state index contributed by atoms with van der Waals surface area (Å²) in [6, 6.07) is 10.5. The first kappa shape index (κ1) is 15.1. The van der Waals surface area contributed by atoms with Crippen molar-refractivity contribution in [1.82, 2.24) is 5.32 Å². The second kappa shape index (κ2) is 8.20. The highest BCUT2D eigenvalue weighted by Crippen LogP contribution is 2.23. The minimum atomic E-state index is 0.0940. The molecule has 0 fully saturated rings. The Kier molecular flexibility index (Phi) is 6.88. The Balaban J connectivity index is 2.31. The molecule has 1 aromatic carbocycles. The molecule has 1 N–H and O–H groups in total. The van der Waals surface area contributed by atoms with Crippen LogP contribution in [0.2, 0.25) is 0 Å². The molecule has 100 valence electrons. The summed E-state index contributed by atoms with van der Waals surface area (Å²) in [5.74, 6) is 0.540. The molecule has 2 atom stereocenters. The molecule has 1 aromatic rings. The molecule has 0 aliphatic rings. The number of carbonyl (C=O) groups excluding carboxylic acids is 1. The molecule has 18 heavy (non-hydrogen) atoms. The van der Waals surface area contributed by atoms with Crippen LogP contribution in [0.1, 0.15) is 32.8 Å². The van der Waals surface area contributed by atoms with Gasteiger partial charge in [-0.05, 0) is 31.2 Å². The van der Waals surface area contributed by atoms with Crippen molar-refractivity contribution in [3.05, 3.63) is 35.9 Å². The number of rotatable bonds is 6. The van der Waals surface area contributed by atoms with E-state index >= 15 is 0 Å². The van der Waals surface area contributed by atoms with Crippen LogP contribution in [0.4, 0.5) is 4.79 Å². The second-order valence-electron chi connectivity index (χ2n) is 4.64. The number of benzene rings is 1. The summed E-state index contributed by atoms with van der Waals surface area (Å²) in [7, 11) is 0. The lowest BCUT2D eigenvalue weighted by Gasteiger charge is -2.18. The first-order chi connectivity index (χ1) is 8.63. The lowest BCUT2D eigenvalue weighted by molar-refractivity contribution is 0.261. The highest BCUT2D eigenvalue weighted by Gasteiger charge is 2.16. The van der Waals surface area contributed by atoms with Crippen LogP contribution < -0.4 is 5.32 Å². The number of amides is 1. The van der Waals surface area contributed by atoms with E-state index in [1.54, 1.807) is 0 Å². The van der Waals surface area contributed by atoms with Crippen LogP contribution in [0.25, 0.3) is 0 Å². The van der Waals surface area contributed by atoms with E-state index in [1.165, 1.54) is 17.3 Å². The van der Waals surface area contributed by atoms with Gasteiger partial charge in [0.15, 0.2) is 0 Å². The largest absolute Gasteiger partial charge is 0.347 e. The van der Waals surface area contributed by atoms with Gasteiger partial charge >= 0.3 is 0 Å². The maximum absolute atomic E-state index is 11.5. The fourth-order valence-corrected chi connectivity index (χ4v) is 2.68. The van der Waals surface area contributed by atoms with Gasteiger partial charge in [-0.3, -0.25) is 4.79 Å². The number of hydrogen-bond acceptors (Lipinski definition) is 2. The van der Waals surface area contributed by atoms with E-state index in [0.717, 1.165) is 12.8 Å². The molecular formula is C15H23NOS. The standard InChI is InChI=1S/C15H23NOS/c1-4-16-15(17)18-13(3)12(2)10-11-14-8-6-5-7-9-14/h5-9,12-13H,4,10-11H2,1-3H3,(H,16,17). The zero-order valence-electron chi connectivity index (χ0n) is 11.5. The molecule has 0 radical (unpaired) electrons. The fourth-order valence-electron chi connectivity index (χ4n) is 1.74. The lowest BCUT2D eigenvalue weighted by Crippen LogP contribution is -2.22. The van der Waals surface area contributed by atoms with E-state index in [-0.39, 0.29) is 5.24 Å². The van der Waals surface area contributed by atoms with Gasteiger partial charge in [0.1, 0.15) is 0 Å². The van der Waals surface area contributed by atoms with Crippen molar-refractivity contribution in [3.63, 3.8) is 0 Å². The number of nitrogens with one attached hydrogen (secondary N) is 1. The predicted molar refractivity (Wildman–Crippen MR) is 80.1 cm³/mol. The van der Waals surface area contributed by atoms with Gasteiger partial charge < -0.3 is 5.32 Å². The average molecular weight is 265 g/mol. The number of carbonyl (C=O) groups is 1. The van der Waals surface area contributed by atoms with Gasteiger partial charge in [0.2, 0.25) is 0 Å². The van der Waals surface area contributed by atoms with Gasteiger partial charge in [0.25, 0.3) is 5.24 Å². The minimum Gasteiger partial charge on any atom is -0.347 e. The molecule has 0 aliphatic heterocycles. The first-order valence-electron chi connectivity index (χ1n) is 6.62. The molecule has 0 heterocycles. The molecule has 0 bridgehead atoms. The van der Waals surface area contributed by atoms with Crippen molar-refractivity contribution < 1.29 is 4.79 Å². The topological polar surface area (TPSA) is 29.1 Å². The molecule has 3 heteroatoms. The molecular weight excluding hydrogens is 242 g/mol. The third-order valence-corrected chi connectivity index (χ3v) is 4.34. The summed E-state index contributed by atoms with van der Waals surface area (Å²) in [5, 5.41) is 3.28. The lowest BCUT2D eigenvalue weighted by atomic mass is 9.99. The highest BCUT2D eigenvalue weighted by atomic mass is 32.2. The summed E-state index contributed by atoms with van der Waals surface area (Å²) in [4.78, 5) is 11.5. The van der Waals surface area contributed by atoms with Gasteiger partial charge in [-0.15, -0.1) is 0 Å². The van der Waals surface area contributed by atoms with E-state index in [1.807, 2.05) is 13.0 Å². The van der Waals surface area contributed by atoms with Crippen molar-refractivity contribution in [3.8, 4) is 0 Å². The van der Waals surface area contributed by atoms with Gasteiger partial charge in [-0.25, -0.2) is 0 Å². The zero-order valence-corrected chi connectivity index (χ0v) is 12.3. The quantitative estimate of drug-likeness (QED) is 0.838. The highest BCUT2D eigenvalue weighted by molar-refractivity contribution is 8.14. The van der Waals surface area contributed by atoms with E-state index in [2.05, 4.69) is 43.4 Å². The van der Waals surface area contributed by atoms with Crippen molar-refractivity contribution in [2.24, 2.45) is 5.92 Å². The van der Waals surface area contributed by atoms with E-state index in [9.17, 15) is 4.79 Å². The van der Waals surface area contributed by atoms with Crippen LogP contribution in [0, 0.1) is 5.92 Å². The molecule has 0 spiro atoms. The normalized spacial score (nSPS) is 13.9. The van der Waals surface area contributed by atoms with Gasteiger partial charge in [-0.2, -0.15) is 0 Å². The smallest absolute Gasteiger partial charge is 0.279 e. The molecule has 1 amide bonds. The van der Waals surface area contributed by atoms with Crippen molar-refractivity contribution >= 4 is 17.0 Å². The Bertz CT molecular complexity index is 353. The van der Waals surface area contributed by atoms with Crippen LogP contribution in [0.3, 0.4) is 0 Å². The third-order valence-electron chi connectivity index (χ3n) is 3.15. The molecule has 2 nitrogen and oxygen atoms in total. The van der Waals surface area contributed by atoms with Crippen molar-refractivity contribution in [1.29, 1.82) is 0 Å². The predicted octanol–water partition coefficient (Wildman–Crippen LogP) is 4.11. The summed E-state index contributed by atoms with van der Waals surface area (Å²) in [6.07, 6.45) is 2.21. The molecule has 0 aliphatic carbocycles. The molecule has 0 aromatic heterocycles. The summed E-state index contributed by atoms with van der Waals surface area (Å²) >= 11 is 1.42. The Morgan fingerprint density at radius 3 is 2.56 bits per heavy atom. The Morgan fingerprint density at radius 2 is 1.94 bits per heavy atom. The molecule has 1 rings (SSSR count). The second-order valence-corrected chi connectivity index (χ2v) is 5.99. The molecule has 2 unspecified atom stereocenters. The van der Waals surface area contributed by atoms with E-state index in [0.29, 0.717) is 17.7 Å². The van der Waals surface area contributed by atoms with Gasteiger partial charge in [0, 0.05) is 11.8 Å². The zero-order chi connectivity index (χ0) is 13.4. The molecule has 0 saturated carbocycles. The van der Waals surface area contributed by atoms with Crippen molar-refractivity contribution in [2.45, 2.75) is 38.9 Å².